The van der Waals surface area contributed by atoms with Gasteiger partial charge in [-0.2, -0.15) is 0 Å². The van der Waals surface area contributed by atoms with Crippen LogP contribution >= 0.6 is 11.6 Å². The molecule has 0 amide bonds. The van der Waals surface area contributed by atoms with E-state index in [2.05, 4.69) is 0 Å². The Bertz CT molecular complexity index is 429. The van der Waals surface area contributed by atoms with Gasteiger partial charge in [-0.05, 0) is 31.5 Å². The monoisotopic (exact) mass is 243 g/mol. The van der Waals surface area contributed by atoms with E-state index >= 15 is 0 Å². The van der Waals surface area contributed by atoms with Crippen molar-refractivity contribution in [2.75, 3.05) is 7.11 Å². The Morgan fingerprint density at radius 1 is 1.56 bits per heavy atom. The number of methoxy groups -OCH3 is 1. The molecule has 0 aliphatic rings. The van der Waals surface area contributed by atoms with E-state index < -0.39 is 11.5 Å². The Kier molecular flexibility index (Phi) is 3.45. The zero-order valence-electron chi connectivity index (χ0n) is 9.37. The van der Waals surface area contributed by atoms with Crippen LogP contribution in [0.4, 0.5) is 0 Å². The molecule has 0 heterocycles. The second kappa shape index (κ2) is 4.31. The number of aliphatic carboxylic acids is 1. The van der Waals surface area contributed by atoms with Crippen molar-refractivity contribution in [3.05, 3.63) is 28.3 Å². The first-order valence-electron chi connectivity index (χ1n) is 4.67. The molecule has 16 heavy (non-hydrogen) atoms. The summed E-state index contributed by atoms with van der Waals surface area (Å²) >= 11 is 5.89. The summed E-state index contributed by atoms with van der Waals surface area (Å²) in [5, 5.41) is 9.51. The highest BCUT2D eigenvalue weighted by Gasteiger charge is 2.34. The Morgan fingerprint density at radius 3 is 2.56 bits per heavy atom. The Labute approximate surface area is 99.0 Å². The zero-order chi connectivity index (χ0) is 12.5. The summed E-state index contributed by atoms with van der Waals surface area (Å²) in [4.78, 5) is 11.1. The van der Waals surface area contributed by atoms with Crippen molar-refractivity contribution < 1.29 is 14.6 Å². The van der Waals surface area contributed by atoms with Gasteiger partial charge in [-0.15, -0.1) is 0 Å². The van der Waals surface area contributed by atoms with E-state index in [4.69, 9.17) is 27.2 Å². The van der Waals surface area contributed by atoms with Crippen LogP contribution in [-0.2, 0) is 10.3 Å². The fourth-order valence-electron chi connectivity index (χ4n) is 1.50. The molecule has 0 aliphatic heterocycles. The van der Waals surface area contributed by atoms with E-state index in [9.17, 15) is 4.79 Å². The summed E-state index contributed by atoms with van der Waals surface area (Å²) in [6.45, 7) is 3.19. The molecule has 1 atom stereocenters. The molecule has 88 valence electrons. The van der Waals surface area contributed by atoms with Gasteiger partial charge in [0.1, 0.15) is 11.3 Å². The lowest BCUT2D eigenvalue weighted by atomic mass is 9.91. The molecule has 0 saturated heterocycles. The summed E-state index contributed by atoms with van der Waals surface area (Å²) in [7, 11) is 1.47. The van der Waals surface area contributed by atoms with Gasteiger partial charge in [0.2, 0.25) is 0 Å². The first-order chi connectivity index (χ1) is 7.30. The number of hydrogen-bond donors (Lipinski definition) is 2. The van der Waals surface area contributed by atoms with E-state index in [0.717, 1.165) is 5.56 Å². The van der Waals surface area contributed by atoms with Crippen molar-refractivity contribution in [3.63, 3.8) is 0 Å². The molecule has 0 bridgehead atoms. The molecule has 1 rings (SSSR count). The van der Waals surface area contributed by atoms with Gasteiger partial charge in [0.05, 0.1) is 7.11 Å². The molecule has 5 heteroatoms. The van der Waals surface area contributed by atoms with Crippen LogP contribution in [-0.4, -0.2) is 18.2 Å². The van der Waals surface area contributed by atoms with Gasteiger partial charge in [-0.3, -0.25) is 0 Å². The summed E-state index contributed by atoms with van der Waals surface area (Å²) in [5.74, 6) is -0.677. The predicted octanol–water partition coefficient (Wildman–Crippen LogP) is 1.92. The van der Waals surface area contributed by atoms with Crippen molar-refractivity contribution in [2.24, 2.45) is 5.73 Å². The first-order valence-corrected chi connectivity index (χ1v) is 5.05. The van der Waals surface area contributed by atoms with Gasteiger partial charge in [0, 0.05) is 10.6 Å². The summed E-state index contributed by atoms with van der Waals surface area (Å²) < 4.78 is 5.17. The van der Waals surface area contributed by atoms with Crippen molar-refractivity contribution in [1.29, 1.82) is 0 Å². The summed E-state index contributed by atoms with van der Waals surface area (Å²) in [6, 6.07) is 3.21. The van der Waals surface area contributed by atoms with Gasteiger partial charge < -0.3 is 15.6 Å². The van der Waals surface area contributed by atoms with Gasteiger partial charge in [-0.25, -0.2) is 4.79 Å². The highest BCUT2D eigenvalue weighted by atomic mass is 35.5. The number of carboxylic acid groups (broad SMARTS) is 1. The smallest absolute Gasteiger partial charge is 0.328 e. The average molecular weight is 244 g/mol. The summed E-state index contributed by atoms with van der Waals surface area (Å²) in [5.41, 5.74) is 5.35. The minimum absolute atomic E-state index is 0.368. The normalized spacial score (nSPS) is 14.3. The van der Waals surface area contributed by atoms with Crippen LogP contribution in [0.15, 0.2) is 12.1 Å². The highest BCUT2D eigenvalue weighted by molar-refractivity contribution is 6.30. The van der Waals surface area contributed by atoms with Crippen LogP contribution in [0.25, 0.3) is 0 Å². The van der Waals surface area contributed by atoms with Crippen molar-refractivity contribution in [2.45, 2.75) is 19.4 Å². The fraction of sp³-hybridized carbons (Fsp3) is 0.364. The Morgan fingerprint density at radius 2 is 2.12 bits per heavy atom. The van der Waals surface area contributed by atoms with Crippen molar-refractivity contribution >= 4 is 17.6 Å². The largest absolute Gasteiger partial charge is 0.496 e. The number of nitrogens with two attached hydrogens (primary N) is 1. The minimum Gasteiger partial charge on any atom is -0.496 e. The number of benzene rings is 1. The quantitative estimate of drug-likeness (QED) is 0.851. The van der Waals surface area contributed by atoms with Gasteiger partial charge >= 0.3 is 5.97 Å². The number of ether oxygens (including phenoxy) is 1. The highest BCUT2D eigenvalue weighted by Crippen LogP contribution is 2.34. The minimum atomic E-state index is -1.53. The topological polar surface area (TPSA) is 72.5 Å². The number of rotatable bonds is 3. The molecular formula is C11H14ClNO3. The molecule has 1 unspecified atom stereocenters. The molecule has 0 spiro atoms. The SMILES string of the molecule is COc1c(C)cc(Cl)cc1C(C)(N)C(=O)O. The number of carbonyl (C=O) groups is 1. The Balaban J connectivity index is 3.48. The van der Waals surface area contributed by atoms with Crippen LogP contribution in [0, 0.1) is 6.92 Å². The first kappa shape index (κ1) is 12.8. The number of carboxylic acids is 1. The van der Waals surface area contributed by atoms with Crippen molar-refractivity contribution in [3.8, 4) is 5.75 Å². The molecular weight excluding hydrogens is 230 g/mol. The molecule has 3 N–H and O–H groups in total. The average Bonchev–Trinajstić information content (AvgIpc) is 2.16. The third kappa shape index (κ3) is 2.13. The Hall–Kier alpha value is -1.26. The molecule has 0 radical (unpaired) electrons. The van der Waals surface area contributed by atoms with E-state index in [1.165, 1.54) is 20.1 Å². The number of aryl methyl sites for hydroxylation is 1. The maximum atomic E-state index is 11.1. The van der Waals surface area contributed by atoms with Gasteiger partial charge in [0.25, 0.3) is 0 Å². The van der Waals surface area contributed by atoms with E-state index in [-0.39, 0.29) is 0 Å². The fourth-order valence-corrected chi connectivity index (χ4v) is 1.77. The predicted molar refractivity (Wildman–Crippen MR) is 61.9 cm³/mol. The standard InChI is InChI=1S/C11H14ClNO3/c1-6-4-7(12)5-8(9(6)16-3)11(2,13)10(14)15/h4-5H,13H2,1-3H3,(H,14,15). The van der Waals surface area contributed by atoms with Gasteiger partial charge in [-0.1, -0.05) is 11.6 Å². The number of hydrogen-bond acceptors (Lipinski definition) is 3. The second-order valence-electron chi connectivity index (χ2n) is 3.81. The van der Waals surface area contributed by atoms with Crippen LogP contribution in [0.2, 0.25) is 5.02 Å². The third-order valence-electron chi connectivity index (χ3n) is 2.45. The molecule has 1 aromatic carbocycles. The van der Waals surface area contributed by atoms with E-state index in [0.29, 0.717) is 16.3 Å². The molecule has 1 aromatic rings. The summed E-state index contributed by atoms with van der Waals surface area (Å²) in [6.07, 6.45) is 0. The van der Waals surface area contributed by atoms with E-state index in [1.54, 1.807) is 13.0 Å². The number of halogens is 1. The van der Waals surface area contributed by atoms with E-state index in [1.807, 2.05) is 0 Å². The van der Waals surface area contributed by atoms with Crippen LogP contribution in [0.3, 0.4) is 0 Å². The van der Waals surface area contributed by atoms with Crippen LogP contribution in [0.5, 0.6) is 5.75 Å². The van der Waals surface area contributed by atoms with Gasteiger partial charge in [0.15, 0.2) is 0 Å². The maximum Gasteiger partial charge on any atom is 0.328 e. The molecule has 0 aliphatic carbocycles. The lowest BCUT2D eigenvalue weighted by molar-refractivity contribution is -0.143. The van der Waals surface area contributed by atoms with Crippen LogP contribution in [0.1, 0.15) is 18.1 Å². The third-order valence-corrected chi connectivity index (χ3v) is 2.67. The molecule has 0 saturated carbocycles. The van der Waals surface area contributed by atoms with Crippen LogP contribution < -0.4 is 10.5 Å². The molecule has 0 aromatic heterocycles. The molecule has 4 nitrogen and oxygen atoms in total. The maximum absolute atomic E-state index is 11.1. The lowest BCUT2D eigenvalue weighted by Crippen LogP contribution is -2.42. The van der Waals surface area contributed by atoms with Crippen molar-refractivity contribution in [1.82, 2.24) is 0 Å². The zero-order valence-corrected chi connectivity index (χ0v) is 10.1. The second-order valence-corrected chi connectivity index (χ2v) is 4.25. The molecule has 0 fully saturated rings. The lowest BCUT2D eigenvalue weighted by Gasteiger charge is -2.23.